The molecule has 0 amide bonds. The van der Waals surface area contributed by atoms with Crippen molar-refractivity contribution in [3.05, 3.63) is 5.69 Å². The summed E-state index contributed by atoms with van der Waals surface area (Å²) < 4.78 is 3.88. The Bertz CT molecular complexity index is 324. The van der Waals surface area contributed by atoms with Crippen LogP contribution in [0.5, 0.6) is 0 Å². The lowest BCUT2D eigenvalue weighted by atomic mass is 10.3. The standard InChI is InChI=1S/C12H25N5S/c1-4-16(5-2)8-7-9-17(6-3)10-11-12(13)18-15-14-11/h4-10,13H2,1-3H3. The maximum atomic E-state index is 5.82. The van der Waals surface area contributed by atoms with Gasteiger partial charge in [-0.25, -0.2) is 0 Å². The third-order valence-electron chi connectivity index (χ3n) is 3.25. The van der Waals surface area contributed by atoms with Crippen molar-refractivity contribution >= 4 is 16.5 Å². The molecule has 0 fully saturated rings. The number of nitrogens with two attached hydrogens (primary N) is 1. The van der Waals surface area contributed by atoms with Crippen LogP contribution in [-0.4, -0.2) is 52.1 Å². The third-order valence-corrected chi connectivity index (χ3v) is 3.84. The highest BCUT2D eigenvalue weighted by molar-refractivity contribution is 7.09. The van der Waals surface area contributed by atoms with Crippen molar-refractivity contribution in [3.63, 3.8) is 0 Å². The van der Waals surface area contributed by atoms with Gasteiger partial charge in [-0.3, -0.25) is 4.90 Å². The second-order valence-corrected chi connectivity index (χ2v) is 5.12. The van der Waals surface area contributed by atoms with Crippen LogP contribution in [0.25, 0.3) is 0 Å². The first kappa shape index (κ1) is 15.3. The van der Waals surface area contributed by atoms with Crippen LogP contribution >= 0.6 is 11.5 Å². The molecule has 104 valence electrons. The molecule has 5 nitrogen and oxygen atoms in total. The number of rotatable bonds is 9. The van der Waals surface area contributed by atoms with Crippen molar-refractivity contribution in [2.45, 2.75) is 33.7 Å². The van der Waals surface area contributed by atoms with E-state index in [0.29, 0.717) is 0 Å². The molecule has 0 atom stereocenters. The molecule has 0 unspecified atom stereocenters. The molecule has 0 aliphatic carbocycles. The summed E-state index contributed by atoms with van der Waals surface area (Å²) in [5.41, 5.74) is 6.74. The van der Waals surface area contributed by atoms with E-state index in [1.807, 2.05) is 0 Å². The Kier molecular flexibility index (Phi) is 7.15. The second-order valence-electron chi connectivity index (χ2n) is 4.33. The number of anilines is 1. The average Bonchev–Trinajstić information content (AvgIpc) is 2.79. The predicted octanol–water partition coefficient (Wildman–Crippen LogP) is 1.67. The van der Waals surface area contributed by atoms with E-state index in [2.05, 4.69) is 40.2 Å². The fraction of sp³-hybridized carbons (Fsp3) is 0.833. The maximum absolute atomic E-state index is 5.82. The molecular weight excluding hydrogens is 246 g/mol. The topological polar surface area (TPSA) is 58.3 Å². The van der Waals surface area contributed by atoms with Crippen molar-refractivity contribution in [1.82, 2.24) is 19.4 Å². The number of nitrogens with zero attached hydrogens (tertiary/aromatic N) is 4. The van der Waals surface area contributed by atoms with Crippen molar-refractivity contribution in [1.29, 1.82) is 0 Å². The number of aromatic nitrogens is 2. The Morgan fingerprint density at radius 2 is 1.67 bits per heavy atom. The van der Waals surface area contributed by atoms with Crippen LogP contribution in [-0.2, 0) is 6.54 Å². The van der Waals surface area contributed by atoms with E-state index in [-0.39, 0.29) is 0 Å². The molecular formula is C12H25N5S. The van der Waals surface area contributed by atoms with E-state index >= 15 is 0 Å². The van der Waals surface area contributed by atoms with Crippen LogP contribution < -0.4 is 5.73 Å². The summed E-state index contributed by atoms with van der Waals surface area (Å²) in [5.74, 6) is 0. The van der Waals surface area contributed by atoms with Gasteiger partial charge in [0.15, 0.2) is 0 Å². The summed E-state index contributed by atoms with van der Waals surface area (Å²) in [6.45, 7) is 12.9. The molecule has 0 aromatic carbocycles. The molecule has 0 radical (unpaired) electrons. The molecule has 0 aliphatic rings. The van der Waals surface area contributed by atoms with E-state index < -0.39 is 0 Å². The summed E-state index contributed by atoms with van der Waals surface area (Å²) in [5, 5.41) is 4.82. The minimum atomic E-state index is 0.747. The third kappa shape index (κ3) is 4.88. The lowest BCUT2D eigenvalue weighted by molar-refractivity contribution is 0.237. The van der Waals surface area contributed by atoms with Crippen LogP contribution in [0.1, 0.15) is 32.9 Å². The smallest absolute Gasteiger partial charge is 0.132 e. The monoisotopic (exact) mass is 271 g/mol. The van der Waals surface area contributed by atoms with E-state index in [1.54, 1.807) is 0 Å². The molecule has 0 spiro atoms. The quantitative estimate of drug-likeness (QED) is 0.740. The van der Waals surface area contributed by atoms with Gasteiger partial charge >= 0.3 is 0 Å². The highest BCUT2D eigenvalue weighted by atomic mass is 32.1. The lowest BCUT2D eigenvalue weighted by Gasteiger charge is -2.22. The predicted molar refractivity (Wildman–Crippen MR) is 77.7 cm³/mol. The molecule has 2 N–H and O–H groups in total. The zero-order valence-electron chi connectivity index (χ0n) is 11.7. The number of nitrogen functional groups attached to an aromatic ring is 1. The van der Waals surface area contributed by atoms with Crippen LogP contribution in [0.4, 0.5) is 5.00 Å². The first-order chi connectivity index (χ1) is 8.71. The first-order valence-corrected chi connectivity index (χ1v) is 7.49. The van der Waals surface area contributed by atoms with Crippen LogP contribution in [0.3, 0.4) is 0 Å². The van der Waals surface area contributed by atoms with Gasteiger partial charge in [-0.1, -0.05) is 25.3 Å². The summed E-state index contributed by atoms with van der Waals surface area (Å²) in [6.07, 6.45) is 1.19. The lowest BCUT2D eigenvalue weighted by Crippen LogP contribution is -2.30. The Hall–Kier alpha value is -0.720. The summed E-state index contributed by atoms with van der Waals surface area (Å²) in [7, 11) is 0. The molecule has 1 heterocycles. The second kappa shape index (κ2) is 8.39. The first-order valence-electron chi connectivity index (χ1n) is 6.72. The highest BCUT2D eigenvalue weighted by Crippen LogP contribution is 2.14. The van der Waals surface area contributed by atoms with Gasteiger partial charge < -0.3 is 10.6 Å². The maximum Gasteiger partial charge on any atom is 0.132 e. The fourth-order valence-corrected chi connectivity index (χ4v) is 2.38. The van der Waals surface area contributed by atoms with Gasteiger partial charge in [-0.2, -0.15) is 0 Å². The van der Waals surface area contributed by atoms with Gasteiger partial charge in [0.05, 0.1) is 0 Å². The Morgan fingerprint density at radius 1 is 1.06 bits per heavy atom. The molecule has 18 heavy (non-hydrogen) atoms. The van der Waals surface area contributed by atoms with Crippen molar-refractivity contribution in [3.8, 4) is 0 Å². The zero-order valence-corrected chi connectivity index (χ0v) is 12.5. The fourth-order valence-electron chi connectivity index (χ4n) is 1.94. The largest absolute Gasteiger partial charge is 0.388 e. The van der Waals surface area contributed by atoms with Gasteiger partial charge in [0.1, 0.15) is 10.7 Å². The van der Waals surface area contributed by atoms with Crippen LogP contribution in [0.2, 0.25) is 0 Å². The number of hydrogen-bond acceptors (Lipinski definition) is 6. The van der Waals surface area contributed by atoms with E-state index in [4.69, 9.17) is 5.73 Å². The molecule has 6 heteroatoms. The summed E-state index contributed by atoms with van der Waals surface area (Å²) >= 11 is 1.27. The normalized spacial score (nSPS) is 11.6. The number of hydrogen-bond donors (Lipinski definition) is 1. The van der Waals surface area contributed by atoms with Gasteiger partial charge in [0.2, 0.25) is 0 Å². The zero-order chi connectivity index (χ0) is 13.4. The van der Waals surface area contributed by atoms with Gasteiger partial charge in [-0.15, -0.1) is 5.10 Å². The van der Waals surface area contributed by atoms with Crippen molar-refractivity contribution in [2.75, 3.05) is 38.5 Å². The van der Waals surface area contributed by atoms with Crippen molar-refractivity contribution in [2.24, 2.45) is 0 Å². The summed E-state index contributed by atoms with van der Waals surface area (Å²) in [4.78, 5) is 4.82. The van der Waals surface area contributed by atoms with Gasteiger partial charge in [0.25, 0.3) is 0 Å². The van der Waals surface area contributed by atoms with E-state index in [0.717, 1.165) is 50.0 Å². The summed E-state index contributed by atoms with van der Waals surface area (Å²) in [6, 6.07) is 0. The SMILES string of the molecule is CCN(CC)CCCN(CC)Cc1nnsc1N. The minimum absolute atomic E-state index is 0.747. The Morgan fingerprint density at radius 3 is 2.17 bits per heavy atom. The minimum Gasteiger partial charge on any atom is -0.388 e. The molecule has 1 aromatic heterocycles. The van der Waals surface area contributed by atoms with Gasteiger partial charge in [-0.05, 0) is 39.1 Å². The Balaban J connectivity index is 2.32. The molecule has 1 aromatic rings. The Labute approximate surface area is 114 Å². The molecule has 1 rings (SSSR count). The molecule has 0 aliphatic heterocycles. The van der Waals surface area contributed by atoms with E-state index in [1.165, 1.54) is 18.0 Å². The van der Waals surface area contributed by atoms with E-state index in [9.17, 15) is 0 Å². The molecule has 0 saturated heterocycles. The molecule has 0 saturated carbocycles. The van der Waals surface area contributed by atoms with Crippen LogP contribution in [0, 0.1) is 0 Å². The average molecular weight is 271 g/mol. The molecule has 0 bridgehead atoms. The van der Waals surface area contributed by atoms with Crippen LogP contribution in [0.15, 0.2) is 0 Å². The van der Waals surface area contributed by atoms with Crippen molar-refractivity contribution < 1.29 is 0 Å². The van der Waals surface area contributed by atoms with Gasteiger partial charge in [0, 0.05) is 18.1 Å². The highest BCUT2D eigenvalue weighted by Gasteiger charge is 2.10.